The minimum atomic E-state index is -0.251. The van der Waals surface area contributed by atoms with Crippen molar-refractivity contribution in [3.63, 3.8) is 0 Å². The molecule has 1 saturated carbocycles. The van der Waals surface area contributed by atoms with Crippen LogP contribution in [0.25, 0.3) is 0 Å². The molecule has 3 atom stereocenters. The van der Waals surface area contributed by atoms with Gasteiger partial charge in [-0.2, -0.15) is 0 Å². The molecule has 0 aliphatic heterocycles. The number of hydrogen-bond acceptors (Lipinski definition) is 3. The predicted molar refractivity (Wildman–Crippen MR) is 111 cm³/mol. The normalized spacial score (nSPS) is 22.5. The standard InChI is InChI=1S/C20H29Cl2N3O2/c1-4-25(11-18(26)23-17-10-5-7-13(2)14(17)3)12-19(27)24-20-15(21)8-6-9-16(20)22/h6,8-9,13-14,17H,4-5,7,10-12H2,1-3H3,(H,23,26)(H,24,27). The number of para-hydroxylation sites is 1. The van der Waals surface area contributed by atoms with Gasteiger partial charge < -0.3 is 10.6 Å². The number of nitrogens with zero attached hydrogens (tertiary/aromatic N) is 1. The molecule has 1 aliphatic carbocycles. The van der Waals surface area contributed by atoms with Crippen LogP contribution in [-0.2, 0) is 9.59 Å². The Morgan fingerprint density at radius 2 is 1.74 bits per heavy atom. The first-order chi connectivity index (χ1) is 12.8. The van der Waals surface area contributed by atoms with Gasteiger partial charge in [0, 0.05) is 6.04 Å². The lowest BCUT2D eigenvalue weighted by molar-refractivity contribution is -0.124. The molecule has 2 amide bonds. The molecule has 2 rings (SSSR count). The number of rotatable bonds is 7. The fourth-order valence-corrected chi connectivity index (χ4v) is 4.01. The predicted octanol–water partition coefficient (Wildman–Crippen LogP) is 4.19. The van der Waals surface area contributed by atoms with Crippen molar-refractivity contribution in [2.24, 2.45) is 11.8 Å². The number of carbonyl (C=O) groups excluding carboxylic acids is 2. The van der Waals surface area contributed by atoms with Gasteiger partial charge in [-0.3, -0.25) is 14.5 Å². The molecule has 0 saturated heterocycles. The van der Waals surface area contributed by atoms with Gasteiger partial charge in [0.05, 0.1) is 28.8 Å². The summed E-state index contributed by atoms with van der Waals surface area (Å²) in [7, 11) is 0. The van der Waals surface area contributed by atoms with Crippen LogP contribution in [-0.4, -0.2) is 42.4 Å². The van der Waals surface area contributed by atoms with Gasteiger partial charge in [-0.05, 0) is 36.9 Å². The number of anilines is 1. The van der Waals surface area contributed by atoms with Crippen LogP contribution < -0.4 is 10.6 Å². The molecule has 0 aromatic heterocycles. The van der Waals surface area contributed by atoms with Crippen molar-refractivity contribution < 1.29 is 9.59 Å². The Kier molecular flexibility index (Phi) is 8.39. The van der Waals surface area contributed by atoms with Crippen molar-refractivity contribution in [3.05, 3.63) is 28.2 Å². The minimum absolute atomic E-state index is 0.0358. The highest BCUT2D eigenvalue weighted by Crippen LogP contribution is 2.30. The average Bonchev–Trinajstić information content (AvgIpc) is 2.61. The molecule has 1 aromatic carbocycles. The van der Waals surface area contributed by atoms with Gasteiger partial charge in [-0.15, -0.1) is 0 Å². The van der Waals surface area contributed by atoms with E-state index >= 15 is 0 Å². The summed E-state index contributed by atoms with van der Waals surface area (Å²) in [6, 6.07) is 5.27. The molecule has 7 heteroatoms. The molecule has 0 spiro atoms. The summed E-state index contributed by atoms with van der Waals surface area (Å²) in [6.07, 6.45) is 3.39. The van der Waals surface area contributed by atoms with E-state index < -0.39 is 0 Å². The molecule has 0 heterocycles. The topological polar surface area (TPSA) is 61.4 Å². The van der Waals surface area contributed by atoms with Gasteiger partial charge in [0.15, 0.2) is 0 Å². The first kappa shape index (κ1) is 22.0. The number of amides is 2. The zero-order valence-electron chi connectivity index (χ0n) is 16.2. The van der Waals surface area contributed by atoms with E-state index in [2.05, 4.69) is 24.5 Å². The van der Waals surface area contributed by atoms with E-state index in [0.29, 0.717) is 34.1 Å². The Morgan fingerprint density at radius 3 is 2.37 bits per heavy atom. The molecular formula is C20H29Cl2N3O2. The maximum absolute atomic E-state index is 12.5. The van der Waals surface area contributed by atoms with Crippen LogP contribution in [0.4, 0.5) is 5.69 Å². The van der Waals surface area contributed by atoms with Crippen molar-refractivity contribution in [2.45, 2.75) is 46.1 Å². The van der Waals surface area contributed by atoms with Crippen LogP contribution >= 0.6 is 23.2 Å². The molecule has 1 aliphatic rings. The van der Waals surface area contributed by atoms with Crippen molar-refractivity contribution >= 4 is 40.7 Å². The molecule has 27 heavy (non-hydrogen) atoms. The van der Waals surface area contributed by atoms with Crippen LogP contribution in [0.5, 0.6) is 0 Å². The van der Waals surface area contributed by atoms with E-state index in [0.717, 1.165) is 12.8 Å². The molecule has 0 radical (unpaired) electrons. The molecule has 2 N–H and O–H groups in total. The second-order valence-corrected chi connectivity index (χ2v) is 8.20. The second kappa shape index (κ2) is 10.3. The maximum Gasteiger partial charge on any atom is 0.238 e. The van der Waals surface area contributed by atoms with E-state index in [-0.39, 0.29) is 30.9 Å². The number of hydrogen-bond donors (Lipinski definition) is 2. The average molecular weight is 414 g/mol. The van der Waals surface area contributed by atoms with Crippen LogP contribution in [0, 0.1) is 11.8 Å². The third-order valence-corrected chi connectivity index (χ3v) is 6.09. The number of carbonyl (C=O) groups is 2. The Hall–Kier alpha value is -1.30. The van der Waals surface area contributed by atoms with E-state index in [4.69, 9.17) is 23.2 Å². The summed E-state index contributed by atoms with van der Waals surface area (Å²) in [5.41, 5.74) is 0.399. The lowest BCUT2D eigenvalue weighted by Gasteiger charge is -2.35. The van der Waals surface area contributed by atoms with E-state index in [1.165, 1.54) is 6.42 Å². The second-order valence-electron chi connectivity index (χ2n) is 7.39. The van der Waals surface area contributed by atoms with Gasteiger partial charge in [0.2, 0.25) is 11.8 Å². The van der Waals surface area contributed by atoms with Crippen LogP contribution in [0.1, 0.15) is 40.0 Å². The summed E-state index contributed by atoms with van der Waals surface area (Å²) >= 11 is 12.2. The fourth-order valence-electron chi connectivity index (χ4n) is 3.52. The van der Waals surface area contributed by atoms with E-state index in [9.17, 15) is 9.59 Å². The Balaban J connectivity index is 1.87. The Morgan fingerprint density at radius 1 is 1.11 bits per heavy atom. The molecular weight excluding hydrogens is 385 g/mol. The molecule has 0 bridgehead atoms. The highest BCUT2D eigenvalue weighted by Gasteiger charge is 2.28. The van der Waals surface area contributed by atoms with Crippen LogP contribution in [0.3, 0.4) is 0 Å². The van der Waals surface area contributed by atoms with Gasteiger partial charge >= 0.3 is 0 Å². The van der Waals surface area contributed by atoms with E-state index in [1.54, 1.807) is 23.1 Å². The Bertz CT molecular complexity index is 648. The van der Waals surface area contributed by atoms with Crippen LogP contribution in [0.2, 0.25) is 10.0 Å². The van der Waals surface area contributed by atoms with Crippen molar-refractivity contribution in [3.8, 4) is 0 Å². The lowest BCUT2D eigenvalue weighted by atomic mass is 9.78. The fraction of sp³-hybridized carbons (Fsp3) is 0.600. The number of benzene rings is 1. The minimum Gasteiger partial charge on any atom is -0.352 e. The zero-order valence-corrected chi connectivity index (χ0v) is 17.7. The first-order valence-electron chi connectivity index (χ1n) is 9.57. The largest absolute Gasteiger partial charge is 0.352 e. The highest BCUT2D eigenvalue weighted by atomic mass is 35.5. The molecule has 150 valence electrons. The third kappa shape index (κ3) is 6.37. The van der Waals surface area contributed by atoms with Gasteiger partial charge in [0.25, 0.3) is 0 Å². The summed E-state index contributed by atoms with van der Waals surface area (Å²) in [4.78, 5) is 26.6. The van der Waals surface area contributed by atoms with Crippen LogP contribution in [0.15, 0.2) is 18.2 Å². The van der Waals surface area contributed by atoms with Crippen molar-refractivity contribution in [2.75, 3.05) is 25.0 Å². The SMILES string of the molecule is CCN(CC(=O)Nc1c(Cl)cccc1Cl)CC(=O)NC1CCCC(C)C1C. The van der Waals surface area contributed by atoms with Crippen molar-refractivity contribution in [1.82, 2.24) is 10.2 Å². The number of halogens is 2. The molecule has 1 aromatic rings. The summed E-state index contributed by atoms with van der Waals surface area (Å²) in [5.74, 6) is 0.812. The summed E-state index contributed by atoms with van der Waals surface area (Å²) in [5, 5.41) is 6.66. The quantitative estimate of drug-likeness (QED) is 0.703. The molecule has 3 unspecified atom stereocenters. The van der Waals surface area contributed by atoms with Gasteiger partial charge in [-0.1, -0.05) is 62.9 Å². The smallest absolute Gasteiger partial charge is 0.238 e. The first-order valence-corrected chi connectivity index (χ1v) is 10.3. The number of likely N-dealkylation sites (N-methyl/N-ethyl adjacent to an activating group) is 1. The monoisotopic (exact) mass is 413 g/mol. The maximum atomic E-state index is 12.5. The van der Waals surface area contributed by atoms with E-state index in [1.807, 2.05) is 6.92 Å². The Labute approximate surface area is 171 Å². The van der Waals surface area contributed by atoms with Gasteiger partial charge in [-0.25, -0.2) is 0 Å². The number of nitrogens with one attached hydrogen (secondary N) is 2. The zero-order chi connectivity index (χ0) is 20.0. The van der Waals surface area contributed by atoms with Gasteiger partial charge in [0.1, 0.15) is 0 Å². The summed E-state index contributed by atoms with van der Waals surface area (Å²) < 4.78 is 0. The summed E-state index contributed by atoms with van der Waals surface area (Å²) in [6.45, 7) is 7.25. The molecule has 1 fully saturated rings. The molecule has 5 nitrogen and oxygen atoms in total. The highest BCUT2D eigenvalue weighted by molar-refractivity contribution is 6.39. The van der Waals surface area contributed by atoms with Crippen molar-refractivity contribution in [1.29, 1.82) is 0 Å². The third-order valence-electron chi connectivity index (χ3n) is 5.46. The lowest BCUT2D eigenvalue weighted by Crippen LogP contribution is -2.48.